The molecule has 3 N–H and O–H groups in total. The van der Waals surface area contributed by atoms with E-state index in [1.54, 1.807) is 21.0 Å². The Hall–Kier alpha value is -0.770. The summed E-state index contributed by atoms with van der Waals surface area (Å²) in [5, 5.41) is 10.9. The summed E-state index contributed by atoms with van der Waals surface area (Å²) in [6, 6.07) is 1.82. The van der Waals surface area contributed by atoms with Crippen LogP contribution in [0.25, 0.3) is 0 Å². The summed E-state index contributed by atoms with van der Waals surface area (Å²) in [6.07, 6.45) is -0.824. The van der Waals surface area contributed by atoms with Gasteiger partial charge < -0.3 is 15.6 Å². The second-order valence-electron chi connectivity index (χ2n) is 4.97. The third-order valence-corrected chi connectivity index (χ3v) is 3.47. The van der Waals surface area contributed by atoms with Crippen molar-refractivity contribution in [1.82, 2.24) is 0 Å². The molecule has 1 atom stereocenters. The van der Waals surface area contributed by atoms with E-state index in [-0.39, 0.29) is 0 Å². The van der Waals surface area contributed by atoms with E-state index < -0.39 is 11.6 Å². The third kappa shape index (κ3) is 2.73. The smallest absolute Gasteiger partial charge is 0.125 e. The summed E-state index contributed by atoms with van der Waals surface area (Å²) in [5.41, 5.74) is 7.59. The van der Waals surface area contributed by atoms with E-state index in [4.69, 9.17) is 22.1 Å². The van der Waals surface area contributed by atoms with Crippen molar-refractivity contribution in [3.63, 3.8) is 0 Å². The second-order valence-corrected chi connectivity index (χ2v) is 5.35. The Balaban J connectivity index is 3.46. The van der Waals surface area contributed by atoms with Crippen molar-refractivity contribution < 1.29 is 9.84 Å². The molecule has 0 aliphatic heterocycles. The molecular weight excluding hydrogens is 238 g/mol. The zero-order valence-electron chi connectivity index (χ0n) is 11.0. The summed E-state index contributed by atoms with van der Waals surface area (Å²) in [6.45, 7) is 7.30. The van der Waals surface area contributed by atoms with Crippen LogP contribution in [0.2, 0.25) is 5.02 Å². The topological polar surface area (TPSA) is 55.5 Å². The number of rotatable bonds is 3. The van der Waals surface area contributed by atoms with Gasteiger partial charge in [-0.1, -0.05) is 11.6 Å². The molecule has 96 valence electrons. The summed E-state index contributed by atoms with van der Waals surface area (Å²) in [4.78, 5) is 0. The molecule has 0 heterocycles. The van der Waals surface area contributed by atoms with Crippen LogP contribution < -0.4 is 10.5 Å². The van der Waals surface area contributed by atoms with Crippen LogP contribution >= 0.6 is 11.6 Å². The van der Waals surface area contributed by atoms with Crippen LogP contribution in [0.15, 0.2) is 6.07 Å². The van der Waals surface area contributed by atoms with Crippen LogP contribution in [0.1, 0.15) is 36.6 Å². The molecule has 1 aromatic carbocycles. The highest BCUT2D eigenvalue weighted by molar-refractivity contribution is 6.32. The van der Waals surface area contributed by atoms with Gasteiger partial charge in [0.15, 0.2) is 0 Å². The Kier molecular flexibility index (Phi) is 4.07. The standard InChI is InChI=1S/C13H20ClNO2/c1-7-6-9(17-5)10(8(2)11(7)14)12(16)13(3,4)15/h6,12,16H,15H2,1-5H3. The maximum Gasteiger partial charge on any atom is 0.125 e. The maximum atomic E-state index is 10.3. The van der Waals surface area contributed by atoms with Crippen LogP contribution in [0.3, 0.4) is 0 Å². The number of benzene rings is 1. The molecule has 17 heavy (non-hydrogen) atoms. The second kappa shape index (κ2) is 4.84. The molecule has 0 fully saturated rings. The Morgan fingerprint density at radius 1 is 1.41 bits per heavy atom. The predicted octanol–water partition coefficient (Wildman–Crippen LogP) is 2.74. The van der Waals surface area contributed by atoms with Crippen molar-refractivity contribution in [1.29, 1.82) is 0 Å². The highest BCUT2D eigenvalue weighted by atomic mass is 35.5. The molecule has 0 amide bonds. The molecule has 1 unspecified atom stereocenters. The SMILES string of the molecule is COc1cc(C)c(Cl)c(C)c1C(O)C(C)(C)N. The molecule has 4 heteroatoms. The average molecular weight is 258 g/mol. The van der Waals surface area contributed by atoms with Crippen molar-refractivity contribution in [3.05, 3.63) is 27.8 Å². The average Bonchev–Trinajstić information content (AvgIpc) is 2.23. The van der Waals surface area contributed by atoms with Crippen LogP contribution in [0.4, 0.5) is 0 Å². The van der Waals surface area contributed by atoms with Crippen LogP contribution in [0.5, 0.6) is 5.75 Å². The fraction of sp³-hybridized carbons (Fsp3) is 0.538. The Labute approximate surface area is 108 Å². The lowest BCUT2D eigenvalue weighted by atomic mass is 9.88. The van der Waals surface area contributed by atoms with Gasteiger partial charge in [0.05, 0.1) is 7.11 Å². The minimum Gasteiger partial charge on any atom is -0.496 e. The van der Waals surface area contributed by atoms with E-state index in [0.717, 1.165) is 11.1 Å². The summed E-state index contributed by atoms with van der Waals surface area (Å²) >= 11 is 6.20. The number of aryl methyl sites for hydroxylation is 1. The van der Waals surface area contributed by atoms with Crippen molar-refractivity contribution >= 4 is 11.6 Å². The van der Waals surface area contributed by atoms with Crippen molar-refractivity contribution in [3.8, 4) is 5.75 Å². The van der Waals surface area contributed by atoms with Crippen molar-refractivity contribution in [2.24, 2.45) is 5.73 Å². The molecule has 0 spiro atoms. The van der Waals surface area contributed by atoms with E-state index in [1.165, 1.54) is 0 Å². The van der Waals surface area contributed by atoms with E-state index in [2.05, 4.69) is 0 Å². The first-order valence-corrected chi connectivity index (χ1v) is 5.88. The number of ether oxygens (including phenoxy) is 1. The normalized spacial score (nSPS) is 13.6. The highest BCUT2D eigenvalue weighted by Crippen LogP contribution is 2.38. The number of halogens is 1. The van der Waals surface area contributed by atoms with Crippen LogP contribution in [-0.2, 0) is 0 Å². The molecule has 0 aliphatic carbocycles. The number of aliphatic hydroxyl groups excluding tert-OH is 1. The third-order valence-electron chi connectivity index (χ3n) is 2.89. The summed E-state index contributed by atoms with van der Waals surface area (Å²) in [7, 11) is 1.57. The van der Waals surface area contributed by atoms with E-state index in [9.17, 15) is 5.11 Å². The van der Waals surface area contributed by atoms with Gasteiger partial charge in [-0.25, -0.2) is 0 Å². The number of hydrogen-bond acceptors (Lipinski definition) is 3. The van der Waals surface area contributed by atoms with Gasteiger partial charge in [0.25, 0.3) is 0 Å². The summed E-state index contributed by atoms with van der Waals surface area (Å²) in [5.74, 6) is 0.621. The molecule has 0 aromatic heterocycles. The minimum absolute atomic E-state index is 0.621. The number of hydrogen-bond donors (Lipinski definition) is 2. The first kappa shape index (κ1) is 14.3. The summed E-state index contributed by atoms with van der Waals surface area (Å²) < 4.78 is 5.30. The minimum atomic E-state index is -0.824. The van der Waals surface area contributed by atoms with Crippen LogP contribution in [-0.4, -0.2) is 17.8 Å². The molecule has 0 aliphatic rings. The quantitative estimate of drug-likeness (QED) is 0.876. The highest BCUT2D eigenvalue weighted by Gasteiger charge is 2.29. The monoisotopic (exact) mass is 257 g/mol. The Morgan fingerprint density at radius 2 is 1.94 bits per heavy atom. The molecule has 0 saturated heterocycles. The molecule has 1 rings (SSSR count). The Morgan fingerprint density at radius 3 is 2.35 bits per heavy atom. The van der Waals surface area contributed by atoms with Crippen LogP contribution in [0, 0.1) is 13.8 Å². The molecule has 0 radical (unpaired) electrons. The van der Waals surface area contributed by atoms with Gasteiger partial charge in [0.1, 0.15) is 11.9 Å². The molecule has 3 nitrogen and oxygen atoms in total. The van der Waals surface area contributed by atoms with Crippen molar-refractivity contribution in [2.45, 2.75) is 39.3 Å². The fourth-order valence-corrected chi connectivity index (χ4v) is 1.97. The maximum absolute atomic E-state index is 10.3. The molecule has 0 saturated carbocycles. The molecular formula is C13H20ClNO2. The van der Waals surface area contributed by atoms with Gasteiger partial charge >= 0.3 is 0 Å². The largest absolute Gasteiger partial charge is 0.496 e. The van der Waals surface area contributed by atoms with E-state index in [0.29, 0.717) is 16.3 Å². The predicted molar refractivity (Wildman–Crippen MR) is 70.7 cm³/mol. The van der Waals surface area contributed by atoms with Gasteiger partial charge in [-0.3, -0.25) is 0 Å². The van der Waals surface area contributed by atoms with Gasteiger partial charge in [-0.15, -0.1) is 0 Å². The first-order valence-electron chi connectivity index (χ1n) is 5.50. The Bertz CT molecular complexity index is 424. The van der Waals surface area contributed by atoms with Gasteiger partial charge in [0.2, 0.25) is 0 Å². The lowest BCUT2D eigenvalue weighted by Crippen LogP contribution is -2.39. The zero-order valence-corrected chi connectivity index (χ0v) is 11.7. The number of aliphatic hydroxyl groups is 1. The fourth-order valence-electron chi connectivity index (χ4n) is 1.82. The lowest BCUT2D eigenvalue weighted by molar-refractivity contribution is 0.101. The van der Waals surface area contributed by atoms with Gasteiger partial charge in [-0.2, -0.15) is 0 Å². The first-order chi connectivity index (χ1) is 7.70. The number of nitrogens with two attached hydrogens (primary N) is 1. The van der Waals surface area contributed by atoms with Gasteiger partial charge in [-0.05, 0) is 44.9 Å². The zero-order chi connectivity index (χ0) is 13.4. The molecule has 1 aromatic rings. The van der Waals surface area contributed by atoms with E-state index >= 15 is 0 Å². The van der Waals surface area contributed by atoms with E-state index in [1.807, 2.05) is 19.9 Å². The molecule has 0 bridgehead atoms. The van der Waals surface area contributed by atoms with Gasteiger partial charge in [0, 0.05) is 16.1 Å². The lowest BCUT2D eigenvalue weighted by Gasteiger charge is -2.29. The number of methoxy groups -OCH3 is 1. The van der Waals surface area contributed by atoms with Crippen molar-refractivity contribution in [2.75, 3.05) is 7.11 Å².